The van der Waals surface area contributed by atoms with Gasteiger partial charge in [-0.15, -0.1) is 0 Å². The maximum atomic E-state index is 12.5. The van der Waals surface area contributed by atoms with Crippen LogP contribution >= 0.6 is 0 Å². The minimum atomic E-state index is -0.335. The lowest BCUT2D eigenvalue weighted by molar-refractivity contribution is 0.0914. The van der Waals surface area contributed by atoms with Gasteiger partial charge in [-0.05, 0) is 20.8 Å². The van der Waals surface area contributed by atoms with E-state index in [1.54, 1.807) is 13.2 Å². The molecular formula is C18H24N4O2. The number of amides is 1. The van der Waals surface area contributed by atoms with Gasteiger partial charge in [0.2, 0.25) is 0 Å². The molecule has 1 amide bonds. The van der Waals surface area contributed by atoms with Crippen molar-refractivity contribution in [2.24, 2.45) is 0 Å². The van der Waals surface area contributed by atoms with Crippen molar-refractivity contribution in [1.29, 1.82) is 0 Å². The van der Waals surface area contributed by atoms with Gasteiger partial charge in [0.1, 0.15) is 11.5 Å². The van der Waals surface area contributed by atoms with Gasteiger partial charge in [0, 0.05) is 30.8 Å². The number of methoxy groups -OCH3 is 1. The number of anilines is 1. The summed E-state index contributed by atoms with van der Waals surface area (Å²) in [6.45, 7) is 6.95. The first-order chi connectivity index (χ1) is 11.4. The second-order valence-corrected chi connectivity index (χ2v) is 6.45. The minimum absolute atomic E-state index is 0.225. The predicted molar refractivity (Wildman–Crippen MR) is 95.1 cm³/mol. The van der Waals surface area contributed by atoms with Crippen LogP contribution in [0.1, 0.15) is 31.3 Å². The Kier molecular flexibility index (Phi) is 5.87. The fourth-order valence-corrected chi connectivity index (χ4v) is 2.06. The summed E-state index contributed by atoms with van der Waals surface area (Å²) in [5.74, 6) is 0.883. The number of carbonyl (C=O) groups excluding carboxylic acids is 1. The van der Waals surface area contributed by atoms with Gasteiger partial charge in [-0.25, -0.2) is 9.97 Å². The number of ether oxygens (including phenoxy) is 1. The van der Waals surface area contributed by atoms with Crippen LogP contribution in [0, 0.1) is 0 Å². The Hall–Kier alpha value is -2.47. The van der Waals surface area contributed by atoms with E-state index in [2.05, 4.69) is 20.6 Å². The molecule has 24 heavy (non-hydrogen) atoms. The van der Waals surface area contributed by atoms with Gasteiger partial charge < -0.3 is 15.4 Å². The SMILES string of the molecule is COCCNc1cc(C(=O)NC(C)(C)C)nc(-c2ccccc2)n1. The molecule has 0 saturated heterocycles. The third-order valence-corrected chi connectivity index (χ3v) is 3.09. The Morgan fingerprint density at radius 2 is 1.88 bits per heavy atom. The zero-order valence-electron chi connectivity index (χ0n) is 14.6. The largest absolute Gasteiger partial charge is 0.383 e. The number of hydrogen-bond acceptors (Lipinski definition) is 5. The van der Waals surface area contributed by atoms with E-state index in [-0.39, 0.29) is 11.4 Å². The Balaban J connectivity index is 2.35. The normalized spacial score (nSPS) is 11.2. The molecule has 128 valence electrons. The summed E-state index contributed by atoms with van der Waals surface area (Å²) in [5.41, 5.74) is 0.856. The molecule has 2 aromatic rings. The van der Waals surface area contributed by atoms with Crippen LogP contribution in [-0.2, 0) is 4.74 Å². The molecule has 2 N–H and O–H groups in total. The fraction of sp³-hybridized carbons (Fsp3) is 0.389. The highest BCUT2D eigenvalue weighted by atomic mass is 16.5. The van der Waals surface area contributed by atoms with E-state index in [1.807, 2.05) is 51.1 Å². The Morgan fingerprint density at radius 3 is 2.50 bits per heavy atom. The zero-order chi connectivity index (χ0) is 17.6. The van der Waals surface area contributed by atoms with Gasteiger partial charge in [0.15, 0.2) is 5.82 Å². The molecule has 1 aromatic carbocycles. The van der Waals surface area contributed by atoms with Gasteiger partial charge in [0.05, 0.1) is 6.61 Å². The average Bonchev–Trinajstić information content (AvgIpc) is 2.54. The van der Waals surface area contributed by atoms with E-state index in [1.165, 1.54) is 0 Å². The van der Waals surface area contributed by atoms with Crippen molar-refractivity contribution in [2.45, 2.75) is 26.3 Å². The molecule has 0 saturated carbocycles. The molecule has 6 nitrogen and oxygen atoms in total. The summed E-state index contributed by atoms with van der Waals surface area (Å²) in [6.07, 6.45) is 0. The molecule has 6 heteroatoms. The maximum Gasteiger partial charge on any atom is 0.270 e. The van der Waals surface area contributed by atoms with E-state index >= 15 is 0 Å². The Bertz CT molecular complexity index is 681. The number of benzene rings is 1. The summed E-state index contributed by atoms with van der Waals surface area (Å²) >= 11 is 0. The van der Waals surface area contributed by atoms with Crippen LogP contribution in [0.15, 0.2) is 36.4 Å². The van der Waals surface area contributed by atoms with Crippen molar-refractivity contribution in [2.75, 3.05) is 25.6 Å². The first kappa shape index (κ1) is 17.9. The molecule has 0 unspecified atom stereocenters. The van der Waals surface area contributed by atoms with E-state index in [0.717, 1.165) is 5.56 Å². The maximum absolute atomic E-state index is 12.5. The Labute approximate surface area is 142 Å². The molecule has 1 heterocycles. The van der Waals surface area contributed by atoms with Crippen molar-refractivity contribution >= 4 is 11.7 Å². The number of nitrogens with one attached hydrogen (secondary N) is 2. The zero-order valence-corrected chi connectivity index (χ0v) is 14.6. The van der Waals surface area contributed by atoms with Crippen LogP contribution < -0.4 is 10.6 Å². The third-order valence-electron chi connectivity index (χ3n) is 3.09. The van der Waals surface area contributed by atoms with Crippen molar-refractivity contribution < 1.29 is 9.53 Å². The Morgan fingerprint density at radius 1 is 1.17 bits per heavy atom. The minimum Gasteiger partial charge on any atom is -0.383 e. The second kappa shape index (κ2) is 7.88. The van der Waals surface area contributed by atoms with Crippen molar-refractivity contribution in [3.05, 3.63) is 42.1 Å². The number of carbonyl (C=O) groups is 1. The summed E-state index contributed by atoms with van der Waals surface area (Å²) in [7, 11) is 1.64. The first-order valence-electron chi connectivity index (χ1n) is 7.89. The second-order valence-electron chi connectivity index (χ2n) is 6.45. The van der Waals surface area contributed by atoms with Crippen LogP contribution in [0.3, 0.4) is 0 Å². The third kappa shape index (κ3) is 5.31. The van der Waals surface area contributed by atoms with Crippen LogP contribution in [-0.4, -0.2) is 41.7 Å². The van der Waals surface area contributed by atoms with Crippen molar-refractivity contribution in [3.8, 4) is 11.4 Å². The van der Waals surface area contributed by atoms with Crippen LogP contribution in [0.2, 0.25) is 0 Å². The molecular weight excluding hydrogens is 304 g/mol. The molecule has 0 aliphatic carbocycles. The van der Waals surface area contributed by atoms with Crippen LogP contribution in [0.25, 0.3) is 11.4 Å². The summed E-state index contributed by atoms with van der Waals surface area (Å²) in [6, 6.07) is 11.2. The number of rotatable bonds is 6. The highest BCUT2D eigenvalue weighted by Gasteiger charge is 2.18. The molecule has 0 spiro atoms. The highest BCUT2D eigenvalue weighted by molar-refractivity contribution is 5.93. The van der Waals surface area contributed by atoms with E-state index in [9.17, 15) is 4.79 Å². The fourth-order valence-electron chi connectivity index (χ4n) is 2.06. The van der Waals surface area contributed by atoms with Crippen LogP contribution in [0.5, 0.6) is 0 Å². The molecule has 0 radical (unpaired) electrons. The lowest BCUT2D eigenvalue weighted by Gasteiger charge is -2.20. The lowest BCUT2D eigenvalue weighted by atomic mass is 10.1. The predicted octanol–water partition coefficient (Wildman–Crippen LogP) is 2.73. The lowest BCUT2D eigenvalue weighted by Crippen LogP contribution is -2.41. The van der Waals surface area contributed by atoms with Gasteiger partial charge in [0.25, 0.3) is 5.91 Å². The number of hydrogen-bond donors (Lipinski definition) is 2. The number of nitrogens with zero attached hydrogens (tertiary/aromatic N) is 2. The van der Waals surface area contributed by atoms with Gasteiger partial charge >= 0.3 is 0 Å². The molecule has 0 aliphatic rings. The standard InChI is InChI=1S/C18H24N4O2/c1-18(2,3)22-17(23)14-12-15(19-10-11-24-4)21-16(20-14)13-8-6-5-7-9-13/h5-9,12H,10-11H2,1-4H3,(H,22,23)(H,19,20,21). The van der Waals surface area contributed by atoms with Gasteiger partial charge in [-0.1, -0.05) is 30.3 Å². The molecule has 1 aromatic heterocycles. The molecule has 0 fully saturated rings. The average molecular weight is 328 g/mol. The van der Waals surface area contributed by atoms with Crippen molar-refractivity contribution in [1.82, 2.24) is 15.3 Å². The summed E-state index contributed by atoms with van der Waals surface area (Å²) < 4.78 is 5.04. The first-order valence-corrected chi connectivity index (χ1v) is 7.89. The monoisotopic (exact) mass is 328 g/mol. The van der Waals surface area contributed by atoms with Gasteiger partial charge in [-0.2, -0.15) is 0 Å². The molecule has 2 rings (SSSR count). The summed E-state index contributed by atoms with van der Waals surface area (Å²) in [4.78, 5) is 21.4. The highest BCUT2D eigenvalue weighted by Crippen LogP contribution is 2.18. The van der Waals surface area contributed by atoms with E-state index in [0.29, 0.717) is 30.5 Å². The number of aromatic nitrogens is 2. The van der Waals surface area contributed by atoms with E-state index < -0.39 is 0 Å². The topological polar surface area (TPSA) is 76.1 Å². The van der Waals surface area contributed by atoms with E-state index in [4.69, 9.17) is 4.74 Å². The van der Waals surface area contributed by atoms with Crippen molar-refractivity contribution in [3.63, 3.8) is 0 Å². The summed E-state index contributed by atoms with van der Waals surface area (Å²) in [5, 5.41) is 6.08. The molecule has 0 aliphatic heterocycles. The van der Waals surface area contributed by atoms with Gasteiger partial charge in [-0.3, -0.25) is 4.79 Å². The molecule has 0 bridgehead atoms. The molecule has 0 atom stereocenters. The smallest absolute Gasteiger partial charge is 0.270 e. The quantitative estimate of drug-likeness (QED) is 0.798. The van der Waals surface area contributed by atoms with Crippen LogP contribution in [0.4, 0.5) is 5.82 Å².